The molecule has 2 heterocycles. The van der Waals surface area contributed by atoms with Gasteiger partial charge in [-0.25, -0.2) is 4.98 Å². The van der Waals surface area contributed by atoms with Crippen LogP contribution in [0.15, 0.2) is 54.6 Å². The van der Waals surface area contributed by atoms with Gasteiger partial charge in [-0.2, -0.15) is 5.10 Å². The lowest BCUT2D eigenvalue weighted by Gasteiger charge is -2.04. The van der Waals surface area contributed by atoms with E-state index in [9.17, 15) is 0 Å². The van der Waals surface area contributed by atoms with Crippen molar-refractivity contribution in [3.8, 4) is 11.3 Å². The molecule has 4 aromatic rings. The van der Waals surface area contributed by atoms with E-state index < -0.39 is 0 Å². The first-order valence-electron chi connectivity index (χ1n) is 6.13. The standard InChI is InChI=1S/C16H10N3/c1-2-6-14-11(4-1)8-9-15(18-14)12-5-3-7-16-13(12)10-17-19-16/h1-9H,(H,17,19). The van der Waals surface area contributed by atoms with E-state index in [4.69, 9.17) is 4.98 Å². The molecule has 0 aliphatic carbocycles. The van der Waals surface area contributed by atoms with E-state index in [2.05, 4.69) is 28.5 Å². The summed E-state index contributed by atoms with van der Waals surface area (Å²) in [5, 5.41) is 9.03. The van der Waals surface area contributed by atoms with Crippen molar-refractivity contribution in [2.24, 2.45) is 0 Å². The minimum Gasteiger partial charge on any atom is -0.277 e. The van der Waals surface area contributed by atoms with Crippen LogP contribution in [0.5, 0.6) is 0 Å². The molecule has 0 spiro atoms. The highest BCUT2D eigenvalue weighted by atomic mass is 15.1. The lowest BCUT2D eigenvalue weighted by molar-refractivity contribution is 1.11. The maximum absolute atomic E-state index is 4.71. The van der Waals surface area contributed by atoms with E-state index in [-0.39, 0.29) is 0 Å². The van der Waals surface area contributed by atoms with Crippen LogP contribution in [0.1, 0.15) is 0 Å². The third-order valence-electron chi connectivity index (χ3n) is 3.28. The lowest BCUT2D eigenvalue weighted by atomic mass is 10.1. The summed E-state index contributed by atoms with van der Waals surface area (Å²) >= 11 is 0. The molecule has 19 heavy (non-hydrogen) atoms. The van der Waals surface area contributed by atoms with Crippen molar-refractivity contribution in [1.29, 1.82) is 0 Å². The molecule has 0 atom stereocenters. The Morgan fingerprint density at radius 1 is 0.895 bits per heavy atom. The van der Waals surface area contributed by atoms with E-state index in [0.717, 1.165) is 33.1 Å². The molecule has 1 radical (unpaired) electrons. The molecule has 0 aliphatic rings. The van der Waals surface area contributed by atoms with Gasteiger partial charge in [-0.05, 0) is 18.2 Å². The van der Waals surface area contributed by atoms with Crippen molar-refractivity contribution in [1.82, 2.24) is 15.2 Å². The predicted molar refractivity (Wildman–Crippen MR) is 75.7 cm³/mol. The Balaban J connectivity index is 2.01. The van der Waals surface area contributed by atoms with Crippen LogP contribution in [-0.4, -0.2) is 15.2 Å². The predicted octanol–water partition coefficient (Wildman–Crippen LogP) is 3.58. The van der Waals surface area contributed by atoms with Gasteiger partial charge in [0.2, 0.25) is 0 Å². The van der Waals surface area contributed by atoms with Crippen LogP contribution in [0.3, 0.4) is 0 Å². The van der Waals surface area contributed by atoms with Crippen molar-refractivity contribution in [2.75, 3.05) is 0 Å². The largest absolute Gasteiger partial charge is 0.277 e. The summed E-state index contributed by atoms with van der Waals surface area (Å²) in [6.45, 7) is 0. The van der Waals surface area contributed by atoms with E-state index in [1.165, 1.54) is 0 Å². The van der Waals surface area contributed by atoms with Gasteiger partial charge in [-0.1, -0.05) is 36.4 Å². The summed E-state index contributed by atoms with van der Waals surface area (Å²) < 4.78 is 0. The third kappa shape index (κ3) is 1.59. The molecule has 89 valence electrons. The second-order valence-corrected chi connectivity index (χ2v) is 4.45. The maximum atomic E-state index is 4.71. The summed E-state index contributed by atoms with van der Waals surface area (Å²) in [7, 11) is 0. The molecular weight excluding hydrogens is 234 g/mol. The first kappa shape index (κ1) is 10.3. The smallest absolute Gasteiger partial charge is 0.122 e. The number of benzene rings is 2. The second-order valence-electron chi connectivity index (χ2n) is 4.45. The fourth-order valence-corrected chi connectivity index (χ4v) is 2.34. The molecule has 0 saturated heterocycles. The van der Waals surface area contributed by atoms with E-state index in [1.807, 2.05) is 42.5 Å². The fourth-order valence-electron chi connectivity index (χ4n) is 2.34. The molecule has 1 N–H and O–H groups in total. The van der Waals surface area contributed by atoms with Gasteiger partial charge in [0.05, 0.1) is 16.7 Å². The Morgan fingerprint density at radius 2 is 1.84 bits per heavy atom. The molecule has 0 amide bonds. The van der Waals surface area contributed by atoms with Crippen molar-refractivity contribution in [3.05, 3.63) is 60.8 Å². The number of hydrogen-bond acceptors (Lipinski definition) is 2. The van der Waals surface area contributed by atoms with E-state index in [0.29, 0.717) is 0 Å². The highest BCUT2D eigenvalue weighted by molar-refractivity contribution is 5.94. The summed E-state index contributed by atoms with van der Waals surface area (Å²) in [6.07, 6.45) is 2.99. The molecule has 0 unspecified atom stereocenters. The molecule has 0 bridgehead atoms. The van der Waals surface area contributed by atoms with Crippen LogP contribution in [0.2, 0.25) is 0 Å². The summed E-state index contributed by atoms with van der Waals surface area (Å²) in [4.78, 5) is 4.71. The molecule has 0 aliphatic heterocycles. The molecule has 2 aromatic carbocycles. The van der Waals surface area contributed by atoms with Gasteiger partial charge in [-0.15, -0.1) is 0 Å². The Labute approximate surface area is 109 Å². The average molecular weight is 244 g/mol. The van der Waals surface area contributed by atoms with Crippen molar-refractivity contribution >= 4 is 21.8 Å². The SMILES string of the molecule is [c]1n[nH]c2cccc(-c3ccc4ccccc4n3)c12. The third-order valence-corrected chi connectivity index (χ3v) is 3.28. The zero-order valence-electron chi connectivity index (χ0n) is 10.1. The topological polar surface area (TPSA) is 41.6 Å². The molecule has 3 nitrogen and oxygen atoms in total. The molecule has 3 heteroatoms. The summed E-state index contributed by atoms with van der Waals surface area (Å²) in [5.74, 6) is 0. The Hall–Kier alpha value is -2.68. The number of hydrogen-bond donors (Lipinski definition) is 1. The van der Waals surface area contributed by atoms with Crippen LogP contribution in [-0.2, 0) is 0 Å². The molecule has 4 rings (SSSR count). The van der Waals surface area contributed by atoms with Crippen LogP contribution >= 0.6 is 0 Å². The molecule has 0 saturated carbocycles. The zero-order valence-corrected chi connectivity index (χ0v) is 10.1. The highest BCUT2D eigenvalue weighted by Crippen LogP contribution is 2.27. The first-order chi connectivity index (χ1) is 9.42. The van der Waals surface area contributed by atoms with Crippen LogP contribution in [0.25, 0.3) is 33.1 Å². The molecule has 2 aromatic heterocycles. The van der Waals surface area contributed by atoms with Gasteiger partial charge < -0.3 is 0 Å². The van der Waals surface area contributed by atoms with Gasteiger partial charge in [0.1, 0.15) is 6.20 Å². The van der Waals surface area contributed by atoms with Crippen molar-refractivity contribution in [3.63, 3.8) is 0 Å². The number of rotatable bonds is 1. The normalized spacial score (nSPS) is 11.2. The number of aromatic amines is 1. The maximum Gasteiger partial charge on any atom is 0.122 e. The van der Waals surface area contributed by atoms with Gasteiger partial charge in [-0.3, -0.25) is 5.10 Å². The number of H-pyrrole nitrogens is 1. The van der Waals surface area contributed by atoms with Gasteiger partial charge >= 0.3 is 0 Å². The Morgan fingerprint density at radius 3 is 2.84 bits per heavy atom. The fraction of sp³-hybridized carbons (Fsp3) is 0. The number of nitrogens with zero attached hydrogens (tertiary/aromatic N) is 2. The van der Waals surface area contributed by atoms with Crippen molar-refractivity contribution < 1.29 is 0 Å². The summed E-state index contributed by atoms with van der Waals surface area (Å²) in [5.41, 5.74) is 3.98. The second kappa shape index (κ2) is 3.92. The quantitative estimate of drug-likeness (QED) is 0.556. The number of fused-ring (bicyclic) bond motifs is 2. The Kier molecular flexibility index (Phi) is 2.12. The highest BCUT2D eigenvalue weighted by Gasteiger charge is 2.07. The zero-order chi connectivity index (χ0) is 12.7. The lowest BCUT2D eigenvalue weighted by Crippen LogP contribution is -1.85. The number of para-hydroxylation sites is 1. The van der Waals surface area contributed by atoms with Gasteiger partial charge in [0.15, 0.2) is 0 Å². The number of nitrogens with one attached hydrogen (secondary N) is 1. The number of aromatic nitrogens is 3. The minimum atomic E-state index is 0.946. The van der Waals surface area contributed by atoms with Gasteiger partial charge in [0.25, 0.3) is 0 Å². The Bertz CT molecular complexity index is 877. The van der Waals surface area contributed by atoms with Crippen LogP contribution < -0.4 is 0 Å². The van der Waals surface area contributed by atoms with E-state index >= 15 is 0 Å². The van der Waals surface area contributed by atoms with Gasteiger partial charge in [0, 0.05) is 16.3 Å². The first-order valence-corrected chi connectivity index (χ1v) is 6.13. The van der Waals surface area contributed by atoms with Crippen molar-refractivity contribution in [2.45, 2.75) is 0 Å². The summed E-state index contributed by atoms with van der Waals surface area (Å²) in [6, 6.07) is 18.3. The van der Waals surface area contributed by atoms with Crippen LogP contribution in [0, 0.1) is 6.20 Å². The molecular formula is C16H10N3. The number of pyridine rings is 1. The van der Waals surface area contributed by atoms with Crippen LogP contribution in [0.4, 0.5) is 0 Å². The van der Waals surface area contributed by atoms with E-state index in [1.54, 1.807) is 0 Å². The minimum absolute atomic E-state index is 0.946. The average Bonchev–Trinajstić information content (AvgIpc) is 2.95. The monoisotopic (exact) mass is 244 g/mol. The molecule has 0 fully saturated rings.